The molecule has 1 fully saturated rings. The van der Waals surface area contributed by atoms with Crippen molar-refractivity contribution in [2.45, 2.75) is 38.6 Å². The van der Waals surface area contributed by atoms with Gasteiger partial charge < -0.3 is 10.6 Å². The van der Waals surface area contributed by atoms with E-state index in [0.29, 0.717) is 5.13 Å². The Morgan fingerprint density at radius 2 is 2.17 bits per heavy atom. The van der Waals surface area contributed by atoms with Crippen LogP contribution in [-0.2, 0) is 9.59 Å². The first-order chi connectivity index (χ1) is 8.66. The van der Waals surface area contributed by atoms with Crippen molar-refractivity contribution in [3.8, 4) is 0 Å². The maximum Gasteiger partial charge on any atom is 0.249 e. The molecule has 1 heterocycles. The Morgan fingerprint density at radius 1 is 1.44 bits per heavy atom. The van der Waals surface area contributed by atoms with Gasteiger partial charge in [-0.1, -0.05) is 12.8 Å². The Bertz CT molecular complexity index is 413. The molecular weight excluding hydrogens is 250 g/mol. The number of carbonyl (C=O) groups is 2. The lowest BCUT2D eigenvalue weighted by atomic mass is 9.97. The molecule has 0 aliphatic heterocycles. The fourth-order valence-corrected chi connectivity index (χ4v) is 2.91. The van der Waals surface area contributed by atoms with Gasteiger partial charge in [0.2, 0.25) is 11.8 Å². The van der Waals surface area contributed by atoms with Crippen LogP contribution in [0.4, 0.5) is 5.13 Å². The molecule has 0 aromatic carbocycles. The Kier molecular flexibility index (Phi) is 4.30. The van der Waals surface area contributed by atoms with E-state index in [1.165, 1.54) is 18.3 Å². The predicted molar refractivity (Wildman–Crippen MR) is 70.3 cm³/mol. The van der Waals surface area contributed by atoms with Gasteiger partial charge in [-0.15, -0.1) is 11.3 Å². The molecule has 98 valence electrons. The lowest BCUT2D eigenvalue weighted by Crippen LogP contribution is -2.47. The topological polar surface area (TPSA) is 71.1 Å². The number of hydrogen-bond donors (Lipinski definition) is 2. The number of amides is 2. The normalized spacial score (nSPS) is 17.4. The number of hydrogen-bond acceptors (Lipinski definition) is 4. The van der Waals surface area contributed by atoms with Gasteiger partial charge in [-0.25, -0.2) is 4.98 Å². The smallest absolute Gasteiger partial charge is 0.249 e. The van der Waals surface area contributed by atoms with Crippen molar-refractivity contribution in [1.82, 2.24) is 10.3 Å². The molecule has 18 heavy (non-hydrogen) atoms. The van der Waals surface area contributed by atoms with Crippen molar-refractivity contribution < 1.29 is 9.59 Å². The van der Waals surface area contributed by atoms with Crippen LogP contribution in [0.25, 0.3) is 0 Å². The molecule has 1 aromatic heterocycles. The van der Waals surface area contributed by atoms with E-state index in [4.69, 9.17) is 0 Å². The second kappa shape index (κ2) is 5.95. The minimum atomic E-state index is -0.436. The van der Waals surface area contributed by atoms with E-state index in [1.807, 2.05) is 0 Å². The summed E-state index contributed by atoms with van der Waals surface area (Å²) in [5.41, 5.74) is 0. The number of anilines is 1. The summed E-state index contributed by atoms with van der Waals surface area (Å²) in [7, 11) is 0. The third-order valence-corrected chi connectivity index (χ3v) is 3.86. The number of nitrogens with zero attached hydrogens (tertiary/aromatic N) is 1. The predicted octanol–water partition coefficient (Wildman–Crippen LogP) is 1.78. The molecule has 0 bridgehead atoms. The van der Waals surface area contributed by atoms with Crippen LogP contribution in [0.1, 0.15) is 32.6 Å². The van der Waals surface area contributed by atoms with Crippen molar-refractivity contribution >= 4 is 28.3 Å². The first kappa shape index (κ1) is 13.0. The summed E-state index contributed by atoms with van der Waals surface area (Å²) in [5, 5.41) is 7.90. The van der Waals surface area contributed by atoms with Crippen LogP contribution < -0.4 is 10.6 Å². The molecular formula is C12H17N3O2S. The molecule has 2 N–H and O–H groups in total. The molecule has 0 unspecified atom stereocenters. The largest absolute Gasteiger partial charge is 0.344 e. The molecule has 1 aliphatic carbocycles. The first-order valence-corrected chi connectivity index (χ1v) is 7.02. The van der Waals surface area contributed by atoms with Gasteiger partial charge in [-0.2, -0.15) is 0 Å². The van der Waals surface area contributed by atoms with Gasteiger partial charge in [0.1, 0.15) is 6.04 Å². The molecule has 1 atom stereocenters. The summed E-state index contributed by atoms with van der Waals surface area (Å²) in [6, 6.07) is -0.436. The summed E-state index contributed by atoms with van der Waals surface area (Å²) in [5.74, 6) is -0.0814. The highest BCUT2D eigenvalue weighted by Crippen LogP contribution is 2.28. The Balaban J connectivity index is 2.02. The lowest BCUT2D eigenvalue weighted by molar-refractivity contribution is -0.126. The first-order valence-electron chi connectivity index (χ1n) is 6.14. The lowest BCUT2D eigenvalue weighted by Gasteiger charge is -2.22. The van der Waals surface area contributed by atoms with E-state index in [9.17, 15) is 9.59 Å². The van der Waals surface area contributed by atoms with Crippen molar-refractivity contribution in [2.75, 3.05) is 5.32 Å². The number of carbonyl (C=O) groups excluding carboxylic acids is 2. The highest BCUT2D eigenvalue weighted by atomic mass is 32.1. The SMILES string of the molecule is CC(=O)N[C@H](C(=O)Nc1nccs1)C1CCCC1. The average molecular weight is 267 g/mol. The fraction of sp³-hybridized carbons (Fsp3) is 0.583. The van der Waals surface area contributed by atoms with Crippen molar-refractivity contribution in [2.24, 2.45) is 5.92 Å². The van der Waals surface area contributed by atoms with Crippen molar-refractivity contribution in [3.05, 3.63) is 11.6 Å². The van der Waals surface area contributed by atoms with Gasteiger partial charge in [-0.3, -0.25) is 9.59 Å². The standard InChI is InChI=1S/C12H17N3O2S/c1-8(16)14-10(9-4-2-3-5-9)11(17)15-12-13-6-7-18-12/h6-7,9-10H,2-5H2,1H3,(H,14,16)(H,13,15,17)/t10-/m0/s1. The van der Waals surface area contributed by atoms with Gasteiger partial charge in [-0.05, 0) is 18.8 Å². The number of rotatable bonds is 4. The zero-order valence-electron chi connectivity index (χ0n) is 10.3. The van der Waals surface area contributed by atoms with E-state index in [1.54, 1.807) is 11.6 Å². The monoisotopic (exact) mass is 267 g/mol. The molecule has 1 aromatic rings. The molecule has 5 nitrogen and oxygen atoms in total. The summed E-state index contributed by atoms with van der Waals surface area (Å²) in [6.45, 7) is 1.44. The highest BCUT2D eigenvalue weighted by molar-refractivity contribution is 7.13. The summed E-state index contributed by atoms with van der Waals surface area (Å²) in [6.07, 6.45) is 5.90. The maximum absolute atomic E-state index is 12.2. The van der Waals surface area contributed by atoms with Gasteiger partial charge in [0.25, 0.3) is 0 Å². The number of nitrogens with one attached hydrogen (secondary N) is 2. The van der Waals surface area contributed by atoms with Gasteiger partial charge in [0, 0.05) is 18.5 Å². The molecule has 0 saturated heterocycles. The van der Waals surface area contributed by atoms with Crippen LogP contribution in [-0.4, -0.2) is 22.8 Å². The van der Waals surface area contributed by atoms with Gasteiger partial charge in [0.15, 0.2) is 5.13 Å². The van der Waals surface area contributed by atoms with E-state index in [0.717, 1.165) is 25.7 Å². The minimum absolute atomic E-state index is 0.160. The zero-order valence-corrected chi connectivity index (χ0v) is 11.1. The van der Waals surface area contributed by atoms with Crippen LogP contribution in [0.3, 0.4) is 0 Å². The Labute approximate surface area is 110 Å². The highest BCUT2D eigenvalue weighted by Gasteiger charge is 2.31. The summed E-state index contributed by atoms with van der Waals surface area (Å²) < 4.78 is 0. The van der Waals surface area contributed by atoms with E-state index in [2.05, 4.69) is 15.6 Å². The van der Waals surface area contributed by atoms with Gasteiger partial charge in [0.05, 0.1) is 0 Å². The van der Waals surface area contributed by atoms with Crippen LogP contribution >= 0.6 is 11.3 Å². The second-order valence-corrected chi connectivity index (χ2v) is 5.44. The Morgan fingerprint density at radius 3 is 2.72 bits per heavy atom. The van der Waals surface area contributed by atoms with Crippen molar-refractivity contribution in [1.29, 1.82) is 0 Å². The zero-order chi connectivity index (χ0) is 13.0. The van der Waals surface area contributed by atoms with Crippen LogP contribution in [0.2, 0.25) is 0 Å². The maximum atomic E-state index is 12.2. The summed E-state index contributed by atoms with van der Waals surface area (Å²) >= 11 is 1.37. The minimum Gasteiger partial charge on any atom is -0.344 e. The van der Waals surface area contributed by atoms with Crippen molar-refractivity contribution in [3.63, 3.8) is 0 Å². The van der Waals surface area contributed by atoms with E-state index >= 15 is 0 Å². The summed E-state index contributed by atoms with van der Waals surface area (Å²) in [4.78, 5) is 27.4. The molecule has 2 amide bonds. The van der Waals surface area contributed by atoms with E-state index in [-0.39, 0.29) is 17.7 Å². The molecule has 1 aliphatic rings. The van der Waals surface area contributed by atoms with Gasteiger partial charge >= 0.3 is 0 Å². The van der Waals surface area contributed by atoms with Crippen LogP contribution in [0.5, 0.6) is 0 Å². The molecule has 2 rings (SSSR count). The third-order valence-electron chi connectivity index (χ3n) is 3.17. The molecule has 0 radical (unpaired) electrons. The average Bonchev–Trinajstić information content (AvgIpc) is 2.97. The number of thiazole rings is 1. The van der Waals surface area contributed by atoms with Crippen LogP contribution in [0, 0.1) is 5.92 Å². The molecule has 0 spiro atoms. The third kappa shape index (κ3) is 3.29. The molecule has 6 heteroatoms. The van der Waals surface area contributed by atoms with E-state index < -0.39 is 6.04 Å². The quantitative estimate of drug-likeness (QED) is 0.873. The van der Waals surface area contributed by atoms with Crippen LogP contribution in [0.15, 0.2) is 11.6 Å². The fourth-order valence-electron chi connectivity index (χ4n) is 2.38. The Hall–Kier alpha value is -1.43. The second-order valence-electron chi connectivity index (χ2n) is 4.55. The number of aromatic nitrogens is 1. The molecule has 1 saturated carbocycles.